The van der Waals surface area contributed by atoms with Crippen LogP contribution in [0.1, 0.15) is 220 Å². The molecule has 0 aliphatic carbocycles. The van der Waals surface area contributed by atoms with E-state index in [1.54, 1.807) is 6.92 Å². The Bertz CT molecular complexity index is 608. The Kier molecular flexibility index (Phi) is 57.0. The molecule has 49 heavy (non-hydrogen) atoms. The maximum atomic E-state index is 10.6. The smallest absolute Gasteiger partial charge is 0.306 e. The lowest BCUT2D eigenvalue weighted by Crippen LogP contribution is -2.12. The summed E-state index contributed by atoms with van der Waals surface area (Å²) in [6.07, 6.45) is 16.6. The second kappa shape index (κ2) is 46.7. The molecule has 0 aromatic heterocycles. The van der Waals surface area contributed by atoms with Gasteiger partial charge in [0.05, 0.1) is 5.92 Å². The highest BCUT2D eigenvalue weighted by molar-refractivity contribution is 5.69. The Hall–Kier alpha value is -1.31. The molecule has 0 bridgehead atoms. The Morgan fingerprint density at radius 1 is 0.429 bits per heavy atom. The number of benzene rings is 1. The molecule has 1 rings (SSSR count). The van der Waals surface area contributed by atoms with Gasteiger partial charge in [-0.3, -0.25) is 4.79 Å². The summed E-state index contributed by atoms with van der Waals surface area (Å²) in [7, 11) is 0. The monoisotopic (exact) mass is 695 g/mol. The zero-order valence-electron chi connectivity index (χ0n) is 37.9. The lowest BCUT2D eigenvalue weighted by Gasteiger charge is -2.05. The van der Waals surface area contributed by atoms with Crippen molar-refractivity contribution in [3.8, 4) is 0 Å². The Morgan fingerprint density at radius 2 is 0.612 bits per heavy atom. The number of carboxylic acid groups (broad SMARTS) is 1. The van der Waals surface area contributed by atoms with Crippen molar-refractivity contribution in [3.05, 3.63) is 35.4 Å². The molecule has 0 amide bonds. The average Bonchev–Trinajstić information content (AvgIpc) is 3.14. The van der Waals surface area contributed by atoms with Crippen molar-refractivity contribution >= 4 is 5.97 Å². The maximum Gasteiger partial charge on any atom is 0.306 e. The second-order valence-electron chi connectivity index (χ2n) is 15.0. The first kappa shape index (κ1) is 59.8. The van der Waals surface area contributed by atoms with Gasteiger partial charge in [0.15, 0.2) is 0 Å². The van der Waals surface area contributed by atoms with Gasteiger partial charge in [-0.1, -0.05) is 238 Å². The zero-order valence-corrected chi connectivity index (χ0v) is 37.9. The van der Waals surface area contributed by atoms with Gasteiger partial charge in [-0.15, -0.1) is 0 Å². The largest absolute Gasteiger partial charge is 0.481 e. The second-order valence-corrected chi connectivity index (χ2v) is 15.0. The number of aryl methyl sites for hydroxylation is 1. The standard InChI is InChI=1S/C11H14O2.6C6H14/c1-8-3-5-10(6-4-8)7-9(2)11(12)13;6*1-4-6(3)5-2/h3-6,9H,7H2,1-2H3,(H,12,13);6*6H,4-5H2,1-3H3. The van der Waals surface area contributed by atoms with Crippen LogP contribution < -0.4 is 0 Å². The van der Waals surface area contributed by atoms with Crippen LogP contribution in [0.25, 0.3) is 0 Å². The highest BCUT2D eigenvalue weighted by atomic mass is 16.4. The van der Waals surface area contributed by atoms with Crippen LogP contribution in [0.4, 0.5) is 0 Å². The van der Waals surface area contributed by atoms with E-state index in [-0.39, 0.29) is 5.92 Å². The van der Waals surface area contributed by atoms with Crippen molar-refractivity contribution in [2.24, 2.45) is 41.4 Å². The fraction of sp³-hybridized carbons (Fsp3) is 0.851. The molecular weight excluding hydrogens is 597 g/mol. The fourth-order valence-corrected chi connectivity index (χ4v) is 2.90. The SMILES string of the molecule is CCC(C)CC.CCC(C)CC.CCC(C)CC.CCC(C)CC.CCC(C)CC.CCC(C)CC.Cc1ccc(CC(C)C(=O)O)cc1. The van der Waals surface area contributed by atoms with Gasteiger partial charge in [0, 0.05) is 0 Å². The van der Waals surface area contributed by atoms with Crippen LogP contribution in [0.15, 0.2) is 24.3 Å². The van der Waals surface area contributed by atoms with Crippen LogP contribution >= 0.6 is 0 Å². The molecule has 2 nitrogen and oxygen atoms in total. The molecule has 0 aliphatic heterocycles. The lowest BCUT2D eigenvalue weighted by molar-refractivity contribution is -0.141. The predicted octanol–water partition coefficient (Wildman–Crippen LogP) is 16.9. The highest BCUT2D eigenvalue weighted by Gasteiger charge is 2.10. The number of hydrogen-bond donors (Lipinski definition) is 1. The Balaban J connectivity index is -0.000000114. The number of aliphatic carboxylic acids is 1. The van der Waals surface area contributed by atoms with Crippen LogP contribution in [0.5, 0.6) is 0 Å². The van der Waals surface area contributed by atoms with Gasteiger partial charge < -0.3 is 5.11 Å². The van der Waals surface area contributed by atoms with Gasteiger partial charge >= 0.3 is 5.97 Å². The van der Waals surface area contributed by atoms with E-state index in [1.807, 2.05) is 31.2 Å². The summed E-state index contributed by atoms with van der Waals surface area (Å²) in [6.45, 7) is 44.2. The summed E-state index contributed by atoms with van der Waals surface area (Å²) in [5.74, 6) is 4.57. The third-order valence-corrected chi connectivity index (χ3v) is 10.4. The van der Waals surface area contributed by atoms with Crippen molar-refractivity contribution in [1.29, 1.82) is 0 Å². The molecule has 0 saturated carbocycles. The summed E-state index contributed by atoms with van der Waals surface area (Å²) >= 11 is 0. The fourth-order valence-electron chi connectivity index (χ4n) is 2.90. The average molecular weight is 695 g/mol. The van der Waals surface area contributed by atoms with E-state index in [0.29, 0.717) is 6.42 Å². The van der Waals surface area contributed by atoms with E-state index in [4.69, 9.17) is 5.11 Å². The molecule has 0 saturated heterocycles. The minimum atomic E-state index is -0.736. The van der Waals surface area contributed by atoms with Crippen LogP contribution in [0, 0.1) is 48.3 Å². The normalized spacial score (nSPS) is 10.7. The first-order valence-corrected chi connectivity index (χ1v) is 21.2. The molecule has 1 aromatic rings. The molecule has 1 unspecified atom stereocenters. The molecule has 0 spiro atoms. The number of rotatable bonds is 15. The van der Waals surface area contributed by atoms with E-state index in [1.165, 1.54) is 82.6 Å². The number of carboxylic acids is 1. The summed E-state index contributed by atoms with van der Waals surface area (Å²) in [5, 5.41) is 8.70. The quantitative estimate of drug-likeness (QED) is 0.198. The van der Waals surface area contributed by atoms with Gasteiger partial charge in [-0.05, 0) is 54.4 Å². The first-order chi connectivity index (χ1) is 22.9. The van der Waals surface area contributed by atoms with E-state index < -0.39 is 5.97 Å². The Labute approximate surface area is 313 Å². The molecule has 0 aliphatic rings. The van der Waals surface area contributed by atoms with Crippen LogP contribution in [0.2, 0.25) is 0 Å². The van der Waals surface area contributed by atoms with Gasteiger partial charge in [-0.25, -0.2) is 0 Å². The molecule has 1 atom stereocenters. The van der Waals surface area contributed by atoms with Gasteiger partial charge in [0.25, 0.3) is 0 Å². The molecule has 1 N–H and O–H groups in total. The van der Waals surface area contributed by atoms with Gasteiger partial charge in [0.1, 0.15) is 0 Å². The molecule has 298 valence electrons. The number of carbonyl (C=O) groups is 1. The third-order valence-electron chi connectivity index (χ3n) is 10.4. The van der Waals surface area contributed by atoms with Crippen LogP contribution in [-0.2, 0) is 11.2 Å². The molecule has 0 fully saturated rings. The zero-order chi connectivity index (χ0) is 39.8. The van der Waals surface area contributed by atoms with Crippen molar-refractivity contribution in [1.82, 2.24) is 0 Å². The van der Waals surface area contributed by atoms with Gasteiger partial charge in [-0.2, -0.15) is 0 Å². The van der Waals surface area contributed by atoms with Crippen molar-refractivity contribution < 1.29 is 9.90 Å². The summed E-state index contributed by atoms with van der Waals surface area (Å²) in [4.78, 5) is 10.6. The first-order valence-electron chi connectivity index (χ1n) is 21.2. The molecule has 2 heteroatoms. The van der Waals surface area contributed by atoms with Crippen LogP contribution in [0.3, 0.4) is 0 Å². The summed E-state index contributed by atoms with van der Waals surface area (Å²) in [5.41, 5.74) is 2.28. The minimum Gasteiger partial charge on any atom is -0.481 e. The highest BCUT2D eigenvalue weighted by Crippen LogP contribution is 2.10. The Morgan fingerprint density at radius 3 is 0.735 bits per heavy atom. The topological polar surface area (TPSA) is 37.3 Å². The van der Waals surface area contributed by atoms with E-state index >= 15 is 0 Å². The van der Waals surface area contributed by atoms with Gasteiger partial charge in [0.2, 0.25) is 0 Å². The van der Waals surface area contributed by atoms with E-state index in [0.717, 1.165) is 41.1 Å². The summed E-state index contributed by atoms with van der Waals surface area (Å²) in [6, 6.07) is 7.97. The molecule has 0 heterocycles. The predicted molar refractivity (Wildman–Crippen MR) is 230 cm³/mol. The maximum absolute atomic E-state index is 10.6. The van der Waals surface area contributed by atoms with Crippen molar-refractivity contribution in [2.45, 2.75) is 222 Å². The minimum absolute atomic E-state index is 0.303. The molecular formula is C47H98O2. The lowest BCUT2D eigenvalue weighted by atomic mass is 10.0. The number of hydrogen-bond acceptors (Lipinski definition) is 1. The van der Waals surface area contributed by atoms with E-state index in [9.17, 15) is 4.79 Å². The van der Waals surface area contributed by atoms with Crippen molar-refractivity contribution in [3.63, 3.8) is 0 Å². The molecule has 0 radical (unpaired) electrons. The summed E-state index contributed by atoms with van der Waals surface area (Å²) < 4.78 is 0. The van der Waals surface area contributed by atoms with Crippen molar-refractivity contribution in [2.75, 3.05) is 0 Å². The molecule has 1 aromatic carbocycles. The van der Waals surface area contributed by atoms with Crippen LogP contribution in [-0.4, -0.2) is 11.1 Å². The van der Waals surface area contributed by atoms with E-state index in [2.05, 4.69) is 125 Å². The third kappa shape index (κ3) is 56.3.